The quantitative estimate of drug-likeness (QED) is 0.698. The van der Waals surface area contributed by atoms with Gasteiger partial charge >= 0.3 is 0 Å². The van der Waals surface area contributed by atoms with Gasteiger partial charge in [-0.2, -0.15) is 5.10 Å². The zero-order valence-electron chi connectivity index (χ0n) is 8.29. The van der Waals surface area contributed by atoms with E-state index in [0.717, 1.165) is 37.4 Å². The first-order valence-electron chi connectivity index (χ1n) is 4.52. The molecule has 0 unspecified atom stereocenters. The molecule has 0 amide bonds. The smallest absolute Gasteiger partial charge is 0.0730 e. The Bertz CT molecular complexity index is 257. The maximum atomic E-state index is 5.66. The molecular formula is C9H17N3O. The highest BCUT2D eigenvalue weighted by molar-refractivity contribution is 5.39. The second kappa shape index (κ2) is 4.87. The maximum Gasteiger partial charge on any atom is 0.0730 e. The number of hydrogen-bond acceptors (Lipinski definition) is 3. The molecule has 0 aliphatic carbocycles. The number of aryl methyl sites for hydroxylation is 1. The Morgan fingerprint density at radius 2 is 2.31 bits per heavy atom. The minimum atomic E-state index is 0.770. The molecule has 13 heavy (non-hydrogen) atoms. The Morgan fingerprint density at radius 3 is 2.85 bits per heavy atom. The summed E-state index contributed by atoms with van der Waals surface area (Å²) in [5, 5.41) is 4.16. The van der Waals surface area contributed by atoms with Crippen molar-refractivity contribution in [1.82, 2.24) is 9.78 Å². The van der Waals surface area contributed by atoms with Gasteiger partial charge in [0.15, 0.2) is 0 Å². The third-order valence-electron chi connectivity index (χ3n) is 2.11. The van der Waals surface area contributed by atoms with E-state index in [9.17, 15) is 0 Å². The van der Waals surface area contributed by atoms with Crippen LogP contribution in [0.15, 0.2) is 6.20 Å². The van der Waals surface area contributed by atoms with Crippen LogP contribution in [-0.2, 0) is 11.3 Å². The third kappa shape index (κ3) is 2.73. The monoisotopic (exact) mass is 183 g/mol. The van der Waals surface area contributed by atoms with Gasteiger partial charge in [-0.15, -0.1) is 0 Å². The van der Waals surface area contributed by atoms with Crippen LogP contribution in [0.2, 0.25) is 0 Å². The first-order valence-corrected chi connectivity index (χ1v) is 4.52. The van der Waals surface area contributed by atoms with E-state index in [1.165, 1.54) is 0 Å². The molecule has 0 spiro atoms. The second-order valence-corrected chi connectivity index (χ2v) is 3.11. The summed E-state index contributed by atoms with van der Waals surface area (Å²) >= 11 is 0. The Kier molecular flexibility index (Phi) is 3.76. The lowest BCUT2D eigenvalue weighted by atomic mass is 10.3. The SMILES string of the molecule is COCCCCn1ncc(N)c1C. The van der Waals surface area contributed by atoms with Crippen LogP contribution in [0.3, 0.4) is 0 Å². The number of nitrogen functional groups attached to an aromatic ring is 1. The standard InChI is InChI=1S/C9H17N3O/c1-8-9(10)7-11-12(8)5-3-4-6-13-2/h7H,3-6,10H2,1-2H3. The highest BCUT2D eigenvalue weighted by atomic mass is 16.5. The summed E-state index contributed by atoms with van der Waals surface area (Å²) in [6, 6.07) is 0. The van der Waals surface area contributed by atoms with Gasteiger partial charge in [-0.1, -0.05) is 0 Å². The molecule has 1 rings (SSSR count). The van der Waals surface area contributed by atoms with Crippen molar-refractivity contribution in [1.29, 1.82) is 0 Å². The minimum Gasteiger partial charge on any atom is -0.396 e. The molecule has 0 radical (unpaired) electrons. The van der Waals surface area contributed by atoms with Crippen molar-refractivity contribution >= 4 is 5.69 Å². The van der Waals surface area contributed by atoms with Gasteiger partial charge in [0.25, 0.3) is 0 Å². The topological polar surface area (TPSA) is 53.1 Å². The normalized spacial score (nSPS) is 10.6. The van der Waals surface area contributed by atoms with E-state index in [4.69, 9.17) is 10.5 Å². The minimum absolute atomic E-state index is 0.770. The maximum absolute atomic E-state index is 5.66. The average molecular weight is 183 g/mol. The Labute approximate surface area is 78.7 Å². The molecule has 0 saturated carbocycles. The van der Waals surface area contributed by atoms with Crippen molar-refractivity contribution in [2.75, 3.05) is 19.5 Å². The molecule has 0 saturated heterocycles. The highest BCUT2D eigenvalue weighted by Gasteiger charge is 2.01. The van der Waals surface area contributed by atoms with Crippen LogP contribution in [0.5, 0.6) is 0 Å². The number of ether oxygens (including phenoxy) is 1. The lowest BCUT2D eigenvalue weighted by molar-refractivity contribution is 0.191. The van der Waals surface area contributed by atoms with E-state index in [0.29, 0.717) is 0 Å². The lowest BCUT2D eigenvalue weighted by Crippen LogP contribution is -2.04. The van der Waals surface area contributed by atoms with Crippen molar-refractivity contribution in [2.24, 2.45) is 0 Å². The summed E-state index contributed by atoms with van der Waals surface area (Å²) in [4.78, 5) is 0. The van der Waals surface area contributed by atoms with E-state index in [-0.39, 0.29) is 0 Å². The van der Waals surface area contributed by atoms with E-state index < -0.39 is 0 Å². The number of unbranched alkanes of at least 4 members (excludes halogenated alkanes) is 1. The lowest BCUT2D eigenvalue weighted by Gasteiger charge is -2.03. The second-order valence-electron chi connectivity index (χ2n) is 3.11. The Hall–Kier alpha value is -1.03. The number of anilines is 1. The van der Waals surface area contributed by atoms with Crippen LogP contribution in [0, 0.1) is 6.92 Å². The van der Waals surface area contributed by atoms with Crippen LogP contribution in [0.4, 0.5) is 5.69 Å². The molecule has 0 fully saturated rings. The number of hydrogen-bond donors (Lipinski definition) is 1. The predicted molar refractivity (Wildman–Crippen MR) is 52.5 cm³/mol. The molecule has 0 atom stereocenters. The van der Waals surface area contributed by atoms with Crippen molar-refractivity contribution in [2.45, 2.75) is 26.3 Å². The van der Waals surface area contributed by atoms with Crippen molar-refractivity contribution in [3.8, 4) is 0 Å². The van der Waals surface area contributed by atoms with Gasteiger partial charge in [0, 0.05) is 20.3 Å². The number of aromatic nitrogens is 2. The molecule has 2 N–H and O–H groups in total. The molecule has 1 aromatic heterocycles. The van der Waals surface area contributed by atoms with Gasteiger partial charge in [-0.3, -0.25) is 4.68 Å². The third-order valence-corrected chi connectivity index (χ3v) is 2.11. The fraction of sp³-hybridized carbons (Fsp3) is 0.667. The predicted octanol–water partition coefficient (Wildman–Crippen LogP) is 1.20. The molecule has 0 aromatic carbocycles. The summed E-state index contributed by atoms with van der Waals surface area (Å²) in [6.07, 6.45) is 3.84. The van der Waals surface area contributed by atoms with Gasteiger partial charge in [-0.25, -0.2) is 0 Å². The summed E-state index contributed by atoms with van der Waals surface area (Å²) < 4.78 is 6.90. The number of methoxy groups -OCH3 is 1. The number of nitrogens with two attached hydrogens (primary N) is 1. The van der Waals surface area contributed by atoms with Crippen molar-refractivity contribution < 1.29 is 4.74 Å². The fourth-order valence-electron chi connectivity index (χ4n) is 1.19. The first-order chi connectivity index (χ1) is 6.25. The molecule has 0 aliphatic rings. The van der Waals surface area contributed by atoms with Gasteiger partial charge in [0.2, 0.25) is 0 Å². The Morgan fingerprint density at radius 1 is 1.54 bits per heavy atom. The largest absolute Gasteiger partial charge is 0.396 e. The summed E-state index contributed by atoms with van der Waals surface area (Å²) in [5.74, 6) is 0. The molecule has 4 nitrogen and oxygen atoms in total. The van der Waals surface area contributed by atoms with Gasteiger partial charge < -0.3 is 10.5 Å². The van der Waals surface area contributed by atoms with E-state index in [2.05, 4.69) is 5.10 Å². The van der Waals surface area contributed by atoms with Crippen molar-refractivity contribution in [3.05, 3.63) is 11.9 Å². The van der Waals surface area contributed by atoms with Crippen LogP contribution in [-0.4, -0.2) is 23.5 Å². The van der Waals surface area contributed by atoms with Gasteiger partial charge in [-0.05, 0) is 19.8 Å². The van der Waals surface area contributed by atoms with Crippen LogP contribution >= 0.6 is 0 Å². The van der Waals surface area contributed by atoms with E-state index in [1.54, 1.807) is 13.3 Å². The van der Waals surface area contributed by atoms with E-state index >= 15 is 0 Å². The molecule has 0 bridgehead atoms. The molecule has 1 aromatic rings. The molecule has 74 valence electrons. The van der Waals surface area contributed by atoms with Crippen molar-refractivity contribution in [3.63, 3.8) is 0 Å². The highest BCUT2D eigenvalue weighted by Crippen LogP contribution is 2.09. The zero-order valence-corrected chi connectivity index (χ0v) is 8.29. The van der Waals surface area contributed by atoms with Crippen LogP contribution in [0.25, 0.3) is 0 Å². The molecule has 0 aliphatic heterocycles. The zero-order chi connectivity index (χ0) is 9.68. The van der Waals surface area contributed by atoms with Crippen LogP contribution in [0.1, 0.15) is 18.5 Å². The van der Waals surface area contributed by atoms with Gasteiger partial charge in [0.05, 0.1) is 17.6 Å². The average Bonchev–Trinajstić information content (AvgIpc) is 2.43. The summed E-state index contributed by atoms with van der Waals surface area (Å²) in [7, 11) is 1.72. The van der Waals surface area contributed by atoms with E-state index in [1.807, 2.05) is 11.6 Å². The van der Waals surface area contributed by atoms with Crippen LogP contribution < -0.4 is 5.73 Å². The first kappa shape index (κ1) is 10.1. The molecule has 1 heterocycles. The molecule has 4 heteroatoms. The molecular weight excluding hydrogens is 166 g/mol. The summed E-state index contributed by atoms with van der Waals surface area (Å²) in [6.45, 7) is 3.72. The Balaban J connectivity index is 2.32. The number of nitrogens with zero attached hydrogens (tertiary/aromatic N) is 2. The fourth-order valence-corrected chi connectivity index (χ4v) is 1.19. The number of rotatable bonds is 5. The van der Waals surface area contributed by atoms with Gasteiger partial charge in [0.1, 0.15) is 0 Å². The summed E-state index contributed by atoms with van der Waals surface area (Å²) in [5.41, 5.74) is 7.49.